The highest BCUT2D eigenvalue weighted by atomic mass is 32.2. The minimum absolute atomic E-state index is 0.0184. The Morgan fingerprint density at radius 2 is 2.02 bits per heavy atom. The number of β-lactam (4-membered cyclic amide) rings is 1. The number of allylic oxidation sites excluding steroid dienone is 4. The molecule has 260 valence electrons. The van der Waals surface area contributed by atoms with E-state index in [-0.39, 0.29) is 22.3 Å². The second-order valence-corrected chi connectivity index (χ2v) is 13.2. The number of rotatable bonds is 17. The number of carboxylic acids is 2. The summed E-state index contributed by atoms with van der Waals surface area (Å²) in [5.41, 5.74) is 16.8. The lowest BCUT2D eigenvalue weighted by Gasteiger charge is -2.49. The van der Waals surface area contributed by atoms with Crippen LogP contribution in [0.1, 0.15) is 46.2 Å². The van der Waals surface area contributed by atoms with Gasteiger partial charge < -0.3 is 42.9 Å². The molecule has 2 amide bonds. The van der Waals surface area contributed by atoms with Crippen molar-refractivity contribution in [3.8, 4) is 0 Å². The van der Waals surface area contributed by atoms with E-state index in [0.717, 1.165) is 29.1 Å². The quantitative estimate of drug-likeness (QED) is 0.0512. The first-order valence-corrected chi connectivity index (χ1v) is 16.9. The fourth-order valence-corrected chi connectivity index (χ4v) is 6.16. The lowest BCUT2D eigenvalue weighted by Crippen LogP contribution is -2.71. The van der Waals surface area contributed by atoms with Gasteiger partial charge in [0.25, 0.3) is 11.8 Å². The predicted molar refractivity (Wildman–Crippen MR) is 184 cm³/mol. The van der Waals surface area contributed by atoms with Crippen molar-refractivity contribution in [2.75, 3.05) is 31.1 Å². The molecular weight excluding hydrogens is 663 g/mol. The number of anilines is 1. The summed E-state index contributed by atoms with van der Waals surface area (Å²) < 4.78 is 1.90. The average molecular weight is 705 g/mol. The van der Waals surface area contributed by atoms with Crippen LogP contribution < -0.4 is 27.8 Å². The number of nitrogens with two attached hydrogens (primary N) is 3. The minimum Gasteiger partial charge on any atom is -0.478 e. The molecule has 1 unspecified atom stereocenters. The third kappa shape index (κ3) is 9.45. The van der Waals surface area contributed by atoms with Crippen LogP contribution >= 0.6 is 23.1 Å². The smallest absolute Gasteiger partial charge is 0.352 e. The molecular formula is C30H42N9O7S2+. The van der Waals surface area contributed by atoms with E-state index < -0.39 is 46.5 Å². The van der Waals surface area contributed by atoms with Crippen LogP contribution in [0.4, 0.5) is 5.13 Å². The maximum Gasteiger partial charge on any atom is 0.352 e. The molecule has 0 aliphatic carbocycles. The Morgan fingerprint density at radius 1 is 1.29 bits per heavy atom. The number of carbonyl (C=O) groups is 4. The molecule has 2 aliphatic heterocycles. The second-order valence-electron chi connectivity index (χ2n) is 11.2. The van der Waals surface area contributed by atoms with Crippen molar-refractivity contribution < 1.29 is 38.8 Å². The molecule has 0 aromatic carbocycles. The van der Waals surface area contributed by atoms with E-state index in [1.54, 1.807) is 19.1 Å². The van der Waals surface area contributed by atoms with E-state index in [1.807, 2.05) is 23.1 Å². The topological polar surface area (TPSA) is 252 Å². The number of carbonyl (C=O) groups excluding carboxylic acids is 2. The van der Waals surface area contributed by atoms with Gasteiger partial charge in [0.1, 0.15) is 28.5 Å². The number of carboxylic acid groups (broad SMARTS) is 2. The van der Waals surface area contributed by atoms with Crippen molar-refractivity contribution in [1.82, 2.24) is 20.5 Å². The van der Waals surface area contributed by atoms with E-state index in [1.165, 1.54) is 31.0 Å². The van der Waals surface area contributed by atoms with Crippen LogP contribution in [0.3, 0.4) is 0 Å². The van der Waals surface area contributed by atoms with Gasteiger partial charge in [0.05, 0.1) is 0 Å². The van der Waals surface area contributed by atoms with Crippen molar-refractivity contribution in [1.29, 1.82) is 0 Å². The summed E-state index contributed by atoms with van der Waals surface area (Å²) >= 11 is 2.31. The fourth-order valence-electron chi connectivity index (χ4n) is 4.29. The second kappa shape index (κ2) is 16.9. The molecule has 18 heteroatoms. The van der Waals surface area contributed by atoms with Crippen LogP contribution in [0.5, 0.6) is 0 Å². The maximum atomic E-state index is 13.3. The Labute approximate surface area is 286 Å². The molecule has 1 aromatic rings. The van der Waals surface area contributed by atoms with Gasteiger partial charge >= 0.3 is 11.9 Å². The zero-order valence-corrected chi connectivity index (χ0v) is 28.8. The number of nitrogens with one attached hydrogen (secondary N) is 2. The van der Waals surface area contributed by atoms with Crippen LogP contribution in [-0.4, -0.2) is 103 Å². The van der Waals surface area contributed by atoms with Gasteiger partial charge in [-0.3, -0.25) is 14.5 Å². The van der Waals surface area contributed by atoms with Gasteiger partial charge in [-0.05, 0) is 44.9 Å². The summed E-state index contributed by atoms with van der Waals surface area (Å²) in [5, 5.41) is 29.8. The van der Waals surface area contributed by atoms with Gasteiger partial charge in [-0.2, -0.15) is 4.58 Å². The number of thioether (sulfide) groups is 1. The number of nitrogens with zero attached hydrogens (tertiary/aromatic N) is 4. The Morgan fingerprint density at radius 3 is 2.60 bits per heavy atom. The number of aliphatic carboxylic acids is 2. The Bertz CT molecular complexity index is 1590. The zero-order chi connectivity index (χ0) is 35.6. The number of hydrogen-bond acceptors (Lipinski definition) is 13. The summed E-state index contributed by atoms with van der Waals surface area (Å²) in [4.78, 5) is 60.8. The van der Waals surface area contributed by atoms with Crippen molar-refractivity contribution in [2.24, 2.45) is 16.6 Å². The molecule has 2 atom stereocenters. The largest absolute Gasteiger partial charge is 0.478 e. The highest BCUT2D eigenvalue weighted by molar-refractivity contribution is 8.00. The number of nitrogen functional groups attached to an aromatic ring is 1. The summed E-state index contributed by atoms with van der Waals surface area (Å²) in [6.07, 6.45) is 11.1. The van der Waals surface area contributed by atoms with Gasteiger partial charge in [0, 0.05) is 29.9 Å². The number of aromatic nitrogens is 1. The number of amides is 2. The van der Waals surface area contributed by atoms with E-state index >= 15 is 0 Å². The van der Waals surface area contributed by atoms with E-state index in [9.17, 15) is 29.4 Å². The summed E-state index contributed by atoms with van der Waals surface area (Å²) in [5.74, 6) is -3.87. The standard InChI is InChI=1S/C30H41N9O7S2/c1-5-6-7-12-38(14-19(17(2)32)34-11-10-31)13-8-9-18-15-47-26-22(25(41)39(26)23(18)27(42)43)36-24(40)21(20-16-48-29(33)35-20)37-46-30(3,4)28(44)45/h7-9,12,14,16,22,26,32,34H,5-6,10-11,13,15,31H2,1-4H3,(H5,33,35,36,40,42,43,44,45)/p+1/b9-8+,12-7+,37-21-/t22-,26?/m1/s1. The Hall–Kier alpha value is -4.68. The lowest BCUT2D eigenvalue weighted by molar-refractivity contribution is -0.440. The summed E-state index contributed by atoms with van der Waals surface area (Å²) in [6, 6.07) is -1.09. The van der Waals surface area contributed by atoms with E-state index in [0.29, 0.717) is 36.6 Å². The summed E-state index contributed by atoms with van der Waals surface area (Å²) in [6.45, 7) is 7.67. The highest BCUT2D eigenvalue weighted by Gasteiger charge is 2.54. The number of unbranched alkanes of at least 4 members (excludes halogenated alkanes) is 1. The number of oxime groups is 1. The molecule has 3 rings (SSSR count). The van der Waals surface area contributed by atoms with Gasteiger partial charge in [-0.15, -0.1) is 23.1 Å². The molecule has 1 fully saturated rings. The Kier molecular flexibility index (Phi) is 13.3. The molecule has 16 nitrogen and oxygen atoms in total. The predicted octanol–water partition coefficient (Wildman–Crippen LogP) is 0.740. The molecule has 0 bridgehead atoms. The molecule has 3 heterocycles. The van der Waals surface area contributed by atoms with E-state index in [2.05, 4.69) is 27.7 Å². The SMILES string of the molecule is CCC/C=C/[N+](=C/C(NCCN)=C(\C)N)C/C=C/C1=C(C(=O)O)N2C(=O)[C@@H](NC(=O)/C(=N\OC(C)(C)C(=O)O)c3csc(N)n3)C2SC1. The highest BCUT2D eigenvalue weighted by Crippen LogP contribution is 2.40. The molecule has 0 saturated carbocycles. The molecule has 48 heavy (non-hydrogen) atoms. The van der Waals surface area contributed by atoms with Crippen LogP contribution in [0, 0.1) is 0 Å². The zero-order valence-electron chi connectivity index (χ0n) is 27.1. The molecule has 1 aromatic heterocycles. The molecule has 2 aliphatic rings. The van der Waals surface area contributed by atoms with Crippen LogP contribution in [0.15, 0.2) is 57.6 Å². The van der Waals surface area contributed by atoms with Gasteiger partial charge in [-0.1, -0.05) is 24.6 Å². The lowest BCUT2D eigenvalue weighted by atomic mass is 10.0. The van der Waals surface area contributed by atoms with Gasteiger partial charge in [0.2, 0.25) is 5.60 Å². The molecule has 10 N–H and O–H groups in total. The Balaban J connectivity index is 1.83. The fraction of sp³-hybridized carbons (Fsp3) is 0.433. The van der Waals surface area contributed by atoms with Crippen molar-refractivity contribution in [3.63, 3.8) is 0 Å². The average Bonchev–Trinajstić information content (AvgIpc) is 3.46. The maximum absolute atomic E-state index is 13.3. The summed E-state index contributed by atoms with van der Waals surface area (Å²) in [7, 11) is 0. The van der Waals surface area contributed by atoms with Crippen LogP contribution in [-0.2, 0) is 24.0 Å². The monoisotopic (exact) mass is 704 g/mol. The van der Waals surface area contributed by atoms with E-state index in [4.69, 9.17) is 22.0 Å². The number of thiazole rings is 1. The van der Waals surface area contributed by atoms with Crippen LogP contribution in [0.25, 0.3) is 0 Å². The normalized spacial score (nSPS) is 19.3. The van der Waals surface area contributed by atoms with Gasteiger partial charge in [0.15, 0.2) is 29.8 Å². The first-order valence-electron chi connectivity index (χ1n) is 15.0. The van der Waals surface area contributed by atoms with Gasteiger partial charge in [-0.25, -0.2) is 14.6 Å². The molecule has 0 radical (unpaired) electrons. The first-order chi connectivity index (χ1) is 22.7. The minimum atomic E-state index is -1.77. The third-order valence-electron chi connectivity index (χ3n) is 6.91. The number of fused-ring (bicyclic) bond motifs is 1. The molecule has 1 saturated heterocycles. The van der Waals surface area contributed by atoms with Crippen LogP contribution in [0.2, 0.25) is 0 Å². The van der Waals surface area contributed by atoms with Crippen molar-refractivity contribution in [2.45, 2.75) is 57.6 Å². The first kappa shape index (κ1) is 37.8. The van der Waals surface area contributed by atoms with Crippen molar-refractivity contribution in [3.05, 3.63) is 58.2 Å². The molecule has 0 spiro atoms. The van der Waals surface area contributed by atoms with Crippen molar-refractivity contribution >= 4 is 63.9 Å². The third-order valence-corrected chi connectivity index (χ3v) is 8.89. The number of hydrogen-bond donors (Lipinski definition) is 7.